The molecule has 0 amide bonds. The molecule has 1 atom stereocenters. The maximum atomic E-state index is 13.6. The van der Waals surface area contributed by atoms with Crippen molar-refractivity contribution >= 4 is 0 Å². The molecule has 0 saturated heterocycles. The Morgan fingerprint density at radius 2 is 1.62 bits per heavy atom. The van der Waals surface area contributed by atoms with Crippen LogP contribution in [0.2, 0.25) is 0 Å². The number of halogens is 2. The molecular weight excluding hydrogens is 268 g/mol. The molecule has 0 spiro atoms. The van der Waals surface area contributed by atoms with Gasteiger partial charge in [0.05, 0.1) is 0 Å². The number of nitrogens with one attached hydrogen (secondary N) is 1. The minimum atomic E-state index is -0.413. The molecule has 112 valence electrons. The van der Waals surface area contributed by atoms with Gasteiger partial charge in [-0.2, -0.15) is 0 Å². The van der Waals surface area contributed by atoms with Crippen LogP contribution in [-0.2, 0) is 6.54 Å². The summed E-state index contributed by atoms with van der Waals surface area (Å²) in [6, 6.07) is 7.90. The molecule has 2 rings (SSSR count). The molecule has 0 saturated carbocycles. The van der Waals surface area contributed by atoms with Gasteiger partial charge in [0, 0.05) is 18.2 Å². The molecule has 1 N–H and O–H groups in total. The van der Waals surface area contributed by atoms with Crippen LogP contribution in [-0.4, -0.2) is 0 Å². The first-order chi connectivity index (χ1) is 9.88. The number of rotatable bonds is 4. The Morgan fingerprint density at radius 3 is 2.24 bits per heavy atom. The molecule has 3 heteroatoms. The summed E-state index contributed by atoms with van der Waals surface area (Å²) in [5.41, 5.74) is 5.23. The van der Waals surface area contributed by atoms with E-state index >= 15 is 0 Å². The van der Waals surface area contributed by atoms with E-state index < -0.39 is 5.82 Å². The zero-order valence-electron chi connectivity index (χ0n) is 12.9. The molecule has 0 aromatic heterocycles. The third kappa shape index (κ3) is 3.67. The van der Waals surface area contributed by atoms with Crippen LogP contribution >= 0.6 is 0 Å². The van der Waals surface area contributed by atoms with Gasteiger partial charge in [0.1, 0.15) is 11.6 Å². The van der Waals surface area contributed by atoms with Crippen LogP contribution in [0.3, 0.4) is 0 Å². The van der Waals surface area contributed by atoms with E-state index in [1.165, 1.54) is 34.4 Å². The fourth-order valence-electron chi connectivity index (χ4n) is 2.92. The summed E-state index contributed by atoms with van der Waals surface area (Å²) in [7, 11) is 0. The molecule has 0 aliphatic rings. The normalized spacial score (nSPS) is 12.5. The van der Waals surface area contributed by atoms with Crippen molar-refractivity contribution in [2.45, 2.75) is 40.3 Å². The first-order valence-corrected chi connectivity index (χ1v) is 7.13. The summed E-state index contributed by atoms with van der Waals surface area (Å²) in [5.74, 6) is -0.794. The van der Waals surface area contributed by atoms with Gasteiger partial charge < -0.3 is 5.32 Å². The van der Waals surface area contributed by atoms with E-state index in [2.05, 4.69) is 38.2 Å². The second-order valence-corrected chi connectivity index (χ2v) is 5.65. The average Bonchev–Trinajstić information content (AvgIpc) is 2.38. The van der Waals surface area contributed by atoms with Crippen LogP contribution in [0.5, 0.6) is 0 Å². The van der Waals surface area contributed by atoms with Crippen molar-refractivity contribution in [1.29, 1.82) is 0 Å². The zero-order chi connectivity index (χ0) is 15.6. The fourth-order valence-corrected chi connectivity index (χ4v) is 2.92. The minimum Gasteiger partial charge on any atom is -0.306 e. The standard InChI is InChI=1S/C18H21F2N/c1-11-7-12(2)18(13(3)8-11)14(4)21-10-15-9-16(19)5-6-17(15)20/h5-9,14,21H,10H2,1-4H3. The Kier molecular flexibility index (Phi) is 4.73. The van der Waals surface area contributed by atoms with Gasteiger partial charge in [-0.3, -0.25) is 0 Å². The van der Waals surface area contributed by atoms with Crippen LogP contribution < -0.4 is 5.32 Å². The van der Waals surface area contributed by atoms with E-state index in [0.717, 1.165) is 6.07 Å². The van der Waals surface area contributed by atoms with Crippen molar-refractivity contribution in [3.63, 3.8) is 0 Å². The highest BCUT2D eigenvalue weighted by molar-refractivity contribution is 5.39. The predicted octanol–water partition coefficient (Wildman–Crippen LogP) is 4.74. The summed E-state index contributed by atoms with van der Waals surface area (Å²) >= 11 is 0. The van der Waals surface area contributed by atoms with Gasteiger partial charge in [-0.1, -0.05) is 17.7 Å². The molecule has 0 fully saturated rings. The first-order valence-electron chi connectivity index (χ1n) is 7.13. The number of hydrogen-bond acceptors (Lipinski definition) is 1. The predicted molar refractivity (Wildman–Crippen MR) is 82.3 cm³/mol. The maximum Gasteiger partial charge on any atom is 0.127 e. The number of aryl methyl sites for hydroxylation is 3. The molecular formula is C18H21F2N. The lowest BCUT2D eigenvalue weighted by atomic mass is 9.95. The smallest absolute Gasteiger partial charge is 0.127 e. The van der Waals surface area contributed by atoms with Gasteiger partial charge in [-0.15, -0.1) is 0 Å². The molecule has 0 bridgehead atoms. The Labute approximate surface area is 125 Å². The summed E-state index contributed by atoms with van der Waals surface area (Å²) in [6.07, 6.45) is 0. The Bertz CT molecular complexity index is 627. The molecule has 1 unspecified atom stereocenters. The molecule has 2 aromatic carbocycles. The van der Waals surface area contributed by atoms with Crippen molar-refractivity contribution in [1.82, 2.24) is 5.32 Å². The van der Waals surface area contributed by atoms with Gasteiger partial charge in [-0.05, 0) is 62.6 Å². The highest BCUT2D eigenvalue weighted by Crippen LogP contribution is 2.24. The second kappa shape index (κ2) is 6.35. The quantitative estimate of drug-likeness (QED) is 0.857. The van der Waals surface area contributed by atoms with Gasteiger partial charge in [-0.25, -0.2) is 8.78 Å². The Hall–Kier alpha value is -1.74. The molecule has 21 heavy (non-hydrogen) atoms. The van der Waals surface area contributed by atoms with E-state index in [1.807, 2.05) is 6.92 Å². The van der Waals surface area contributed by atoms with Crippen LogP contribution in [0.4, 0.5) is 8.78 Å². The lowest BCUT2D eigenvalue weighted by molar-refractivity contribution is 0.533. The monoisotopic (exact) mass is 289 g/mol. The third-order valence-corrected chi connectivity index (χ3v) is 3.78. The minimum absolute atomic E-state index is 0.0771. The molecule has 1 nitrogen and oxygen atoms in total. The largest absolute Gasteiger partial charge is 0.306 e. The summed E-state index contributed by atoms with van der Waals surface area (Å²) < 4.78 is 26.8. The third-order valence-electron chi connectivity index (χ3n) is 3.78. The molecule has 0 aliphatic carbocycles. The van der Waals surface area contributed by atoms with E-state index in [0.29, 0.717) is 12.1 Å². The van der Waals surface area contributed by atoms with Crippen LogP contribution in [0.1, 0.15) is 40.8 Å². The second-order valence-electron chi connectivity index (χ2n) is 5.65. The lowest BCUT2D eigenvalue weighted by Gasteiger charge is -2.20. The van der Waals surface area contributed by atoms with Crippen molar-refractivity contribution < 1.29 is 8.78 Å². The van der Waals surface area contributed by atoms with Crippen molar-refractivity contribution in [2.24, 2.45) is 0 Å². The number of benzene rings is 2. The first kappa shape index (κ1) is 15.6. The fraction of sp³-hybridized carbons (Fsp3) is 0.333. The van der Waals surface area contributed by atoms with Crippen LogP contribution in [0.25, 0.3) is 0 Å². The van der Waals surface area contributed by atoms with Crippen LogP contribution in [0, 0.1) is 32.4 Å². The molecule has 0 aliphatic heterocycles. The summed E-state index contributed by atoms with van der Waals surface area (Å²) in [6.45, 7) is 8.58. The Balaban J connectivity index is 2.15. The average molecular weight is 289 g/mol. The topological polar surface area (TPSA) is 12.0 Å². The van der Waals surface area contributed by atoms with Crippen molar-refractivity contribution in [3.8, 4) is 0 Å². The van der Waals surface area contributed by atoms with Gasteiger partial charge >= 0.3 is 0 Å². The van der Waals surface area contributed by atoms with Crippen molar-refractivity contribution in [2.75, 3.05) is 0 Å². The summed E-state index contributed by atoms with van der Waals surface area (Å²) in [4.78, 5) is 0. The Morgan fingerprint density at radius 1 is 1.00 bits per heavy atom. The van der Waals surface area contributed by atoms with E-state index in [1.54, 1.807) is 0 Å². The maximum absolute atomic E-state index is 13.6. The lowest BCUT2D eigenvalue weighted by Crippen LogP contribution is -2.20. The number of hydrogen-bond donors (Lipinski definition) is 1. The summed E-state index contributed by atoms with van der Waals surface area (Å²) in [5, 5.41) is 3.28. The molecule has 2 aromatic rings. The highest BCUT2D eigenvalue weighted by Gasteiger charge is 2.12. The van der Waals surface area contributed by atoms with E-state index in [9.17, 15) is 8.78 Å². The highest BCUT2D eigenvalue weighted by atomic mass is 19.1. The van der Waals surface area contributed by atoms with Gasteiger partial charge in [0.15, 0.2) is 0 Å². The van der Waals surface area contributed by atoms with E-state index in [-0.39, 0.29) is 11.9 Å². The molecule has 0 heterocycles. The van der Waals surface area contributed by atoms with Gasteiger partial charge in [0.25, 0.3) is 0 Å². The van der Waals surface area contributed by atoms with E-state index in [4.69, 9.17) is 0 Å². The van der Waals surface area contributed by atoms with Crippen molar-refractivity contribution in [3.05, 3.63) is 69.8 Å². The molecule has 0 radical (unpaired) electrons. The van der Waals surface area contributed by atoms with Gasteiger partial charge in [0.2, 0.25) is 0 Å². The SMILES string of the molecule is Cc1cc(C)c(C(C)NCc2cc(F)ccc2F)c(C)c1. The zero-order valence-corrected chi connectivity index (χ0v) is 12.9. The van der Waals surface area contributed by atoms with Crippen LogP contribution in [0.15, 0.2) is 30.3 Å².